The maximum absolute atomic E-state index is 12.8. The molecule has 1 aliphatic carbocycles. The summed E-state index contributed by atoms with van der Waals surface area (Å²) < 4.78 is 2.02. The lowest BCUT2D eigenvalue weighted by Gasteiger charge is -2.46. The topological polar surface area (TPSA) is 68.7 Å². The van der Waals surface area contributed by atoms with Gasteiger partial charge in [0, 0.05) is 18.9 Å². The maximum Gasteiger partial charge on any atom is 0.229 e. The number of amides is 1. The summed E-state index contributed by atoms with van der Waals surface area (Å²) in [6, 6.07) is 1.02. The van der Waals surface area contributed by atoms with Gasteiger partial charge >= 0.3 is 0 Å². The highest BCUT2D eigenvalue weighted by atomic mass is 16.2. The zero-order valence-corrected chi connectivity index (χ0v) is 16.2. The van der Waals surface area contributed by atoms with E-state index in [0.717, 1.165) is 31.7 Å². The molecule has 3 N–H and O–H groups in total. The van der Waals surface area contributed by atoms with Gasteiger partial charge in [0.2, 0.25) is 5.91 Å². The first kappa shape index (κ1) is 17.9. The SMILES string of the molecule is C[NH+](C)Cc1cn(C[C@H]2C[C@H]3CC[NH+]2C[C@@H]3C(=O)NC2CCCC2)nn1. The number of fused-ring (bicyclic) bond motifs is 3. The second kappa shape index (κ2) is 7.64. The van der Waals surface area contributed by atoms with Crippen LogP contribution in [-0.2, 0) is 17.9 Å². The second-order valence-corrected chi connectivity index (χ2v) is 9.01. The quantitative estimate of drug-likeness (QED) is 0.564. The predicted octanol–water partition coefficient (Wildman–Crippen LogP) is -1.73. The molecule has 0 spiro atoms. The fraction of sp³-hybridized carbons (Fsp3) is 0.842. The minimum atomic E-state index is 0.222. The van der Waals surface area contributed by atoms with E-state index < -0.39 is 0 Å². The molecule has 3 aliphatic heterocycles. The summed E-state index contributed by atoms with van der Waals surface area (Å²) in [5, 5.41) is 12.0. The highest BCUT2D eigenvalue weighted by Gasteiger charge is 2.46. The summed E-state index contributed by atoms with van der Waals surface area (Å²) in [4.78, 5) is 15.7. The lowest BCUT2D eigenvalue weighted by molar-refractivity contribution is -0.945. The number of aromatic nitrogens is 3. The molecule has 1 aromatic heterocycles. The Morgan fingerprint density at radius 2 is 2.15 bits per heavy atom. The molecule has 7 heteroatoms. The van der Waals surface area contributed by atoms with Crippen molar-refractivity contribution < 1.29 is 14.6 Å². The number of quaternary nitrogens is 2. The Hall–Kier alpha value is -1.47. The number of nitrogens with one attached hydrogen (secondary N) is 3. The molecule has 0 radical (unpaired) electrons. The van der Waals surface area contributed by atoms with E-state index in [2.05, 4.69) is 35.9 Å². The number of hydrogen-bond donors (Lipinski definition) is 3. The molecule has 144 valence electrons. The van der Waals surface area contributed by atoms with E-state index in [1.54, 1.807) is 4.90 Å². The van der Waals surface area contributed by atoms with E-state index in [1.165, 1.54) is 43.5 Å². The number of hydrogen-bond acceptors (Lipinski definition) is 3. The number of carbonyl (C=O) groups excluding carboxylic acids is 1. The standard InChI is InChI=1S/C19H32N6O/c1-23(2)10-16-11-25(22-21-16)12-17-9-14-7-8-24(17)13-18(14)19(26)20-15-5-3-4-6-15/h11,14-15,17-18H,3-10,12-13H2,1-2H3,(H,20,26)/p+2/t14-,17-,18+/m1/s1. The summed E-state index contributed by atoms with van der Waals surface area (Å²) >= 11 is 0. The zero-order valence-electron chi connectivity index (χ0n) is 16.2. The smallest absolute Gasteiger partial charge is 0.229 e. The molecule has 1 unspecified atom stereocenters. The fourth-order valence-electron chi connectivity index (χ4n) is 5.29. The molecule has 4 heterocycles. The van der Waals surface area contributed by atoms with Crippen LogP contribution in [0.2, 0.25) is 0 Å². The fourth-order valence-corrected chi connectivity index (χ4v) is 5.29. The van der Waals surface area contributed by atoms with Crippen molar-refractivity contribution >= 4 is 5.91 Å². The van der Waals surface area contributed by atoms with Crippen molar-refractivity contribution in [1.82, 2.24) is 20.3 Å². The van der Waals surface area contributed by atoms with Crippen LogP contribution in [-0.4, -0.2) is 60.2 Å². The zero-order chi connectivity index (χ0) is 18.1. The molecule has 1 amide bonds. The van der Waals surface area contributed by atoms with Gasteiger partial charge < -0.3 is 15.1 Å². The molecular formula is C19H34N6O+2. The molecule has 2 bridgehead atoms. The van der Waals surface area contributed by atoms with Gasteiger partial charge in [-0.2, -0.15) is 0 Å². The van der Waals surface area contributed by atoms with Crippen LogP contribution in [0.1, 0.15) is 44.2 Å². The number of piperidine rings is 3. The normalized spacial score (nSPS) is 31.7. The van der Waals surface area contributed by atoms with Crippen LogP contribution < -0.4 is 15.1 Å². The summed E-state index contributed by atoms with van der Waals surface area (Å²) in [5.41, 5.74) is 1.06. The number of nitrogens with zero attached hydrogens (tertiary/aromatic N) is 3. The van der Waals surface area contributed by atoms with E-state index in [-0.39, 0.29) is 5.92 Å². The van der Waals surface area contributed by atoms with E-state index in [4.69, 9.17) is 0 Å². The molecule has 1 saturated carbocycles. The Labute approximate surface area is 156 Å². The number of rotatable bonds is 6. The molecule has 7 nitrogen and oxygen atoms in total. The van der Waals surface area contributed by atoms with Crippen LogP contribution in [0, 0.1) is 11.8 Å². The molecule has 4 atom stereocenters. The molecule has 5 rings (SSSR count). The molecule has 1 aromatic rings. The lowest BCUT2D eigenvalue weighted by atomic mass is 9.75. The van der Waals surface area contributed by atoms with Crippen molar-refractivity contribution in [3.05, 3.63) is 11.9 Å². The summed E-state index contributed by atoms with van der Waals surface area (Å²) in [6.45, 7) is 4.04. The van der Waals surface area contributed by atoms with Gasteiger partial charge in [0.25, 0.3) is 0 Å². The highest BCUT2D eigenvalue weighted by Crippen LogP contribution is 2.28. The average molecular weight is 363 g/mol. The Morgan fingerprint density at radius 3 is 2.85 bits per heavy atom. The van der Waals surface area contributed by atoms with E-state index in [0.29, 0.717) is 23.9 Å². The first-order chi connectivity index (χ1) is 12.6. The molecule has 4 aliphatic rings. The lowest BCUT2D eigenvalue weighted by Crippen LogP contribution is -3.20. The Morgan fingerprint density at radius 1 is 1.35 bits per heavy atom. The third-order valence-electron chi connectivity index (χ3n) is 6.62. The van der Waals surface area contributed by atoms with E-state index in [1.807, 2.05) is 4.68 Å². The van der Waals surface area contributed by atoms with Crippen molar-refractivity contribution in [3.8, 4) is 0 Å². The first-order valence-corrected chi connectivity index (χ1v) is 10.4. The molecule has 4 fully saturated rings. The minimum absolute atomic E-state index is 0.222. The Bertz CT molecular complexity index is 623. The van der Waals surface area contributed by atoms with Crippen LogP contribution in [0.3, 0.4) is 0 Å². The van der Waals surface area contributed by atoms with Gasteiger partial charge in [0.05, 0.1) is 45.8 Å². The molecular weight excluding hydrogens is 328 g/mol. The van der Waals surface area contributed by atoms with Gasteiger partial charge in [-0.25, -0.2) is 4.68 Å². The number of carbonyl (C=O) groups is 1. The summed E-state index contributed by atoms with van der Waals surface area (Å²) in [5.74, 6) is 1.10. The first-order valence-electron chi connectivity index (χ1n) is 10.4. The molecule has 0 aromatic carbocycles. The van der Waals surface area contributed by atoms with E-state index in [9.17, 15) is 4.79 Å². The van der Waals surface area contributed by atoms with Crippen molar-refractivity contribution in [1.29, 1.82) is 0 Å². The highest BCUT2D eigenvalue weighted by molar-refractivity contribution is 5.79. The minimum Gasteiger partial charge on any atom is -0.353 e. The van der Waals surface area contributed by atoms with Gasteiger partial charge in [0.15, 0.2) is 0 Å². The van der Waals surface area contributed by atoms with Crippen LogP contribution in [0.15, 0.2) is 6.20 Å². The summed E-state index contributed by atoms with van der Waals surface area (Å²) in [7, 11) is 4.26. The van der Waals surface area contributed by atoms with Crippen LogP contribution >= 0.6 is 0 Å². The largest absolute Gasteiger partial charge is 0.353 e. The predicted molar refractivity (Wildman–Crippen MR) is 97.6 cm³/mol. The van der Waals surface area contributed by atoms with Gasteiger partial charge in [0.1, 0.15) is 18.3 Å². The van der Waals surface area contributed by atoms with Crippen molar-refractivity contribution in [2.24, 2.45) is 11.8 Å². The van der Waals surface area contributed by atoms with Crippen molar-refractivity contribution in [2.75, 3.05) is 27.2 Å². The van der Waals surface area contributed by atoms with Gasteiger partial charge in [-0.1, -0.05) is 18.1 Å². The molecule has 26 heavy (non-hydrogen) atoms. The van der Waals surface area contributed by atoms with Crippen LogP contribution in [0.25, 0.3) is 0 Å². The van der Waals surface area contributed by atoms with Gasteiger partial charge in [-0.3, -0.25) is 4.79 Å². The maximum atomic E-state index is 12.8. The third-order valence-corrected chi connectivity index (χ3v) is 6.62. The van der Waals surface area contributed by atoms with Crippen molar-refractivity contribution in [3.63, 3.8) is 0 Å². The Balaban J connectivity index is 1.33. The van der Waals surface area contributed by atoms with Gasteiger partial charge in [-0.15, -0.1) is 5.10 Å². The van der Waals surface area contributed by atoms with Gasteiger partial charge in [-0.05, 0) is 18.8 Å². The molecule has 3 saturated heterocycles. The van der Waals surface area contributed by atoms with Crippen LogP contribution in [0.4, 0.5) is 0 Å². The third kappa shape index (κ3) is 3.93. The second-order valence-electron chi connectivity index (χ2n) is 9.01. The van der Waals surface area contributed by atoms with E-state index >= 15 is 0 Å². The van der Waals surface area contributed by atoms with Crippen molar-refractivity contribution in [2.45, 2.75) is 63.7 Å². The monoisotopic (exact) mass is 362 g/mol. The Kier molecular flexibility index (Phi) is 5.27. The van der Waals surface area contributed by atoms with Crippen LogP contribution in [0.5, 0.6) is 0 Å². The summed E-state index contributed by atoms with van der Waals surface area (Å²) in [6.07, 6.45) is 9.33. The average Bonchev–Trinajstić information content (AvgIpc) is 3.27.